The lowest BCUT2D eigenvalue weighted by atomic mass is 10.2. The number of hydrogen-bond donors (Lipinski definition) is 1. The number of hydrazone groups is 1. The van der Waals surface area contributed by atoms with Gasteiger partial charge in [0, 0.05) is 18.2 Å². The molecule has 1 N–H and O–H groups in total. The predicted molar refractivity (Wildman–Crippen MR) is 99.3 cm³/mol. The molecular weight excluding hydrogens is 353 g/mol. The highest BCUT2D eigenvalue weighted by Gasteiger charge is 2.12. The van der Waals surface area contributed by atoms with Gasteiger partial charge in [0.05, 0.1) is 12.0 Å². The molecule has 0 bridgehead atoms. The molecular formula is C18H16FN5OS. The van der Waals surface area contributed by atoms with Crippen molar-refractivity contribution in [3.63, 3.8) is 0 Å². The van der Waals surface area contributed by atoms with Crippen LogP contribution in [0.2, 0.25) is 0 Å². The Bertz CT molecular complexity index is 926. The van der Waals surface area contributed by atoms with E-state index in [9.17, 15) is 9.18 Å². The fraction of sp³-hybridized carbons (Fsp3) is 0.111. The molecule has 1 heterocycles. The Hall–Kier alpha value is -3.00. The number of rotatable bonds is 6. The summed E-state index contributed by atoms with van der Waals surface area (Å²) in [7, 11) is 1.85. The van der Waals surface area contributed by atoms with Crippen LogP contribution in [0, 0.1) is 5.82 Å². The van der Waals surface area contributed by atoms with Crippen LogP contribution >= 0.6 is 11.8 Å². The largest absolute Gasteiger partial charge is 0.305 e. The maximum absolute atomic E-state index is 13.4. The summed E-state index contributed by atoms with van der Waals surface area (Å²) in [5.74, 6) is 0.139. The predicted octanol–water partition coefficient (Wildman–Crippen LogP) is 2.86. The summed E-state index contributed by atoms with van der Waals surface area (Å²) in [6.45, 7) is 0. The number of carbonyl (C=O) groups is 1. The average Bonchev–Trinajstić information content (AvgIpc) is 3.03. The second-order valence-electron chi connectivity index (χ2n) is 5.33. The Balaban J connectivity index is 1.55. The van der Waals surface area contributed by atoms with Crippen molar-refractivity contribution < 1.29 is 9.18 Å². The summed E-state index contributed by atoms with van der Waals surface area (Å²) in [5, 5.41) is 12.7. The van der Waals surface area contributed by atoms with Gasteiger partial charge < -0.3 is 4.57 Å². The number of hydrogen-bond acceptors (Lipinski definition) is 5. The third-order valence-corrected chi connectivity index (χ3v) is 4.52. The molecule has 0 aliphatic carbocycles. The second kappa shape index (κ2) is 8.39. The molecule has 132 valence electrons. The number of halogens is 1. The molecule has 0 saturated carbocycles. The smallest absolute Gasteiger partial charge is 0.250 e. The van der Waals surface area contributed by atoms with Crippen LogP contribution in [0.4, 0.5) is 4.39 Å². The van der Waals surface area contributed by atoms with E-state index in [1.807, 2.05) is 41.9 Å². The molecule has 0 aliphatic heterocycles. The molecule has 0 atom stereocenters. The van der Waals surface area contributed by atoms with Crippen LogP contribution in [-0.2, 0) is 11.8 Å². The minimum Gasteiger partial charge on any atom is -0.305 e. The maximum atomic E-state index is 13.4. The highest BCUT2D eigenvalue weighted by atomic mass is 32.2. The van der Waals surface area contributed by atoms with E-state index < -0.39 is 5.82 Å². The van der Waals surface area contributed by atoms with Gasteiger partial charge in [-0.25, -0.2) is 9.82 Å². The molecule has 2 aromatic carbocycles. The molecule has 0 spiro atoms. The number of carbonyl (C=O) groups excluding carboxylic acids is 1. The van der Waals surface area contributed by atoms with Crippen LogP contribution in [-0.4, -0.2) is 32.6 Å². The van der Waals surface area contributed by atoms with Crippen LogP contribution in [0.15, 0.2) is 64.9 Å². The number of nitrogens with zero attached hydrogens (tertiary/aromatic N) is 4. The zero-order valence-corrected chi connectivity index (χ0v) is 14.8. The van der Waals surface area contributed by atoms with E-state index in [-0.39, 0.29) is 11.7 Å². The van der Waals surface area contributed by atoms with Gasteiger partial charge in [-0.15, -0.1) is 10.2 Å². The van der Waals surface area contributed by atoms with Crippen molar-refractivity contribution >= 4 is 23.9 Å². The van der Waals surface area contributed by atoms with Crippen molar-refractivity contribution in [3.05, 3.63) is 66.0 Å². The van der Waals surface area contributed by atoms with Gasteiger partial charge in [0.1, 0.15) is 5.82 Å². The van der Waals surface area contributed by atoms with Crippen molar-refractivity contribution in [2.45, 2.75) is 5.16 Å². The minimum absolute atomic E-state index is 0.120. The Morgan fingerprint density at radius 1 is 1.19 bits per heavy atom. The van der Waals surface area contributed by atoms with Crippen LogP contribution < -0.4 is 5.43 Å². The summed E-state index contributed by atoms with van der Waals surface area (Å²) >= 11 is 1.25. The normalized spacial score (nSPS) is 11.0. The van der Waals surface area contributed by atoms with Crippen molar-refractivity contribution in [2.75, 3.05) is 5.75 Å². The topological polar surface area (TPSA) is 72.2 Å². The fourth-order valence-electron chi connectivity index (χ4n) is 2.20. The Labute approximate surface area is 154 Å². The lowest BCUT2D eigenvalue weighted by Crippen LogP contribution is -2.20. The number of amides is 1. The zero-order valence-electron chi connectivity index (χ0n) is 14.0. The third kappa shape index (κ3) is 4.34. The van der Waals surface area contributed by atoms with Crippen LogP contribution in [0.5, 0.6) is 0 Å². The van der Waals surface area contributed by atoms with E-state index in [1.165, 1.54) is 24.0 Å². The summed E-state index contributed by atoms with van der Waals surface area (Å²) in [4.78, 5) is 11.9. The molecule has 0 fully saturated rings. The molecule has 8 heteroatoms. The van der Waals surface area contributed by atoms with Gasteiger partial charge in [-0.3, -0.25) is 4.79 Å². The molecule has 0 saturated heterocycles. The van der Waals surface area contributed by atoms with Crippen LogP contribution in [0.25, 0.3) is 11.4 Å². The van der Waals surface area contributed by atoms with Gasteiger partial charge >= 0.3 is 0 Å². The molecule has 0 unspecified atom stereocenters. The molecule has 1 aromatic heterocycles. The Morgan fingerprint density at radius 3 is 2.69 bits per heavy atom. The summed E-state index contributed by atoms with van der Waals surface area (Å²) < 4.78 is 15.3. The SMILES string of the molecule is Cn1c(SCC(=O)N/N=C\c2ccccc2F)nnc1-c1ccccc1. The molecule has 26 heavy (non-hydrogen) atoms. The number of nitrogens with one attached hydrogen (secondary N) is 1. The summed E-state index contributed by atoms with van der Waals surface area (Å²) in [6.07, 6.45) is 1.27. The monoisotopic (exact) mass is 369 g/mol. The highest BCUT2D eigenvalue weighted by Crippen LogP contribution is 2.22. The Kier molecular flexibility index (Phi) is 5.75. The van der Waals surface area contributed by atoms with Crippen LogP contribution in [0.3, 0.4) is 0 Å². The van der Waals surface area contributed by atoms with Gasteiger partial charge in [-0.1, -0.05) is 60.3 Å². The number of aromatic nitrogens is 3. The average molecular weight is 369 g/mol. The molecule has 3 aromatic rings. The maximum Gasteiger partial charge on any atom is 0.250 e. The van der Waals surface area contributed by atoms with Gasteiger partial charge in [-0.2, -0.15) is 5.10 Å². The lowest BCUT2D eigenvalue weighted by molar-refractivity contribution is -0.118. The first-order chi connectivity index (χ1) is 12.6. The first kappa shape index (κ1) is 17.8. The lowest BCUT2D eigenvalue weighted by Gasteiger charge is -2.03. The van der Waals surface area contributed by atoms with Gasteiger partial charge in [0.2, 0.25) is 0 Å². The standard InChI is InChI=1S/C18H16FN5OS/c1-24-17(13-7-3-2-4-8-13)22-23-18(24)26-12-16(25)21-20-11-14-9-5-6-10-15(14)19/h2-11H,12H2,1H3,(H,21,25)/b20-11-. The minimum atomic E-state index is -0.396. The molecule has 1 amide bonds. The fourth-order valence-corrected chi connectivity index (χ4v) is 2.90. The van der Waals surface area contributed by atoms with E-state index in [1.54, 1.807) is 18.2 Å². The first-order valence-corrected chi connectivity index (χ1v) is 8.78. The number of thioether (sulfide) groups is 1. The van der Waals surface area contributed by atoms with E-state index in [4.69, 9.17) is 0 Å². The quantitative estimate of drug-likeness (QED) is 0.412. The summed E-state index contributed by atoms with van der Waals surface area (Å²) in [5.41, 5.74) is 3.63. The highest BCUT2D eigenvalue weighted by molar-refractivity contribution is 7.99. The number of benzene rings is 2. The Morgan fingerprint density at radius 2 is 1.92 bits per heavy atom. The van der Waals surface area contributed by atoms with Gasteiger partial charge in [-0.05, 0) is 6.07 Å². The van der Waals surface area contributed by atoms with E-state index >= 15 is 0 Å². The van der Waals surface area contributed by atoms with Gasteiger partial charge in [0.25, 0.3) is 5.91 Å². The first-order valence-electron chi connectivity index (χ1n) is 7.79. The third-order valence-electron chi connectivity index (χ3n) is 3.50. The second-order valence-corrected chi connectivity index (χ2v) is 6.28. The van der Waals surface area contributed by atoms with E-state index in [0.29, 0.717) is 10.7 Å². The van der Waals surface area contributed by atoms with Gasteiger partial charge in [0.15, 0.2) is 11.0 Å². The van der Waals surface area contributed by atoms with E-state index in [2.05, 4.69) is 20.7 Å². The summed E-state index contributed by atoms with van der Waals surface area (Å²) in [6, 6.07) is 15.9. The molecule has 6 nitrogen and oxygen atoms in total. The van der Waals surface area contributed by atoms with Crippen molar-refractivity contribution in [2.24, 2.45) is 12.1 Å². The zero-order chi connectivity index (χ0) is 18.4. The molecule has 3 rings (SSSR count). The molecule has 0 aliphatic rings. The van der Waals surface area contributed by atoms with Crippen molar-refractivity contribution in [1.29, 1.82) is 0 Å². The van der Waals surface area contributed by atoms with Crippen LogP contribution in [0.1, 0.15) is 5.56 Å². The molecule has 0 radical (unpaired) electrons. The van der Waals surface area contributed by atoms with Crippen molar-refractivity contribution in [3.8, 4) is 11.4 Å². The van der Waals surface area contributed by atoms with Crippen molar-refractivity contribution in [1.82, 2.24) is 20.2 Å². The van der Waals surface area contributed by atoms with E-state index in [0.717, 1.165) is 11.4 Å².